The fraction of sp³-hybridized carbons (Fsp3) is 0.273. The molecule has 5 nitrogen and oxygen atoms in total. The van der Waals surface area contributed by atoms with Gasteiger partial charge in [0.15, 0.2) is 11.6 Å². The summed E-state index contributed by atoms with van der Waals surface area (Å²) in [5.41, 5.74) is 0.654. The molecule has 0 aliphatic carbocycles. The smallest absolute Gasteiger partial charge is 0.202 e. The first kappa shape index (κ1) is 10.5. The van der Waals surface area contributed by atoms with Crippen molar-refractivity contribution >= 4 is 5.78 Å². The molecule has 0 saturated carbocycles. The molecule has 2 aromatic heterocycles. The Hall–Kier alpha value is -2.04. The highest BCUT2D eigenvalue weighted by Gasteiger charge is 2.16. The Bertz CT molecular complexity index is 490. The number of carbonyl (C=O) groups excluding carboxylic acids is 1. The van der Waals surface area contributed by atoms with E-state index in [1.165, 1.54) is 0 Å². The van der Waals surface area contributed by atoms with Gasteiger partial charge in [-0.05, 0) is 12.1 Å². The number of Topliss-reactive ketones (excluding diaryl/α,β-unsaturated/α-hetero) is 1. The monoisotopic (exact) mass is 216 g/mol. The summed E-state index contributed by atoms with van der Waals surface area (Å²) in [6.07, 6.45) is 1.66. The molecule has 0 unspecified atom stereocenters. The van der Waals surface area contributed by atoms with Gasteiger partial charge in [-0.1, -0.05) is 19.9 Å². The summed E-state index contributed by atoms with van der Waals surface area (Å²) in [5.74, 6) is 0.597. The average molecular weight is 216 g/mol. The van der Waals surface area contributed by atoms with Gasteiger partial charge in [-0.2, -0.15) is 5.10 Å². The third-order valence-electron chi connectivity index (χ3n) is 2.14. The van der Waals surface area contributed by atoms with Crippen LogP contribution in [-0.2, 0) is 0 Å². The number of carbonyl (C=O) groups is 1. The second-order valence-corrected chi connectivity index (χ2v) is 3.74. The molecule has 0 saturated heterocycles. The van der Waals surface area contributed by atoms with Gasteiger partial charge in [-0.25, -0.2) is 4.98 Å². The predicted molar refractivity (Wildman–Crippen MR) is 58.8 cm³/mol. The van der Waals surface area contributed by atoms with Gasteiger partial charge in [0, 0.05) is 12.1 Å². The standard InChI is InChI=1S/C11H12N4O/c1-7(2)9(16)11-13-10(14-15-11)8-5-3-4-6-12-8/h3-7H,1-2H3,(H,13,14,15). The van der Waals surface area contributed by atoms with Crippen molar-refractivity contribution in [2.24, 2.45) is 5.92 Å². The van der Waals surface area contributed by atoms with Crippen molar-refractivity contribution in [2.45, 2.75) is 13.8 Å². The molecule has 0 atom stereocenters. The van der Waals surface area contributed by atoms with Gasteiger partial charge in [0.25, 0.3) is 0 Å². The molecular weight excluding hydrogens is 204 g/mol. The van der Waals surface area contributed by atoms with Crippen LogP contribution in [-0.4, -0.2) is 25.9 Å². The molecule has 0 fully saturated rings. The molecule has 0 spiro atoms. The van der Waals surface area contributed by atoms with E-state index < -0.39 is 0 Å². The van der Waals surface area contributed by atoms with Gasteiger partial charge < -0.3 is 0 Å². The van der Waals surface area contributed by atoms with Crippen molar-refractivity contribution in [1.29, 1.82) is 0 Å². The van der Waals surface area contributed by atoms with Crippen LogP contribution in [0.5, 0.6) is 0 Å². The van der Waals surface area contributed by atoms with E-state index >= 15 is 0 Å². The summed E-state index contributed by atoms with van der Waals surface area (Å²) in [6.45, 7) is 3.65. The number of pyridine rings is 1. The Morgan fingerprint density at radius 2 is 2.19 bits per heavy atom. The van der Waals surface area contributed by atoms with E-state index in [1.54, 1.807) is 12.3 Å². The zero-order chi connectivity index (χ0) is 11.5. The summed E-state index contributed by atoms with van der Waals surface area (Å²) in [6, 6.07) is 5.46. The number of rotatable bonds is 3. The highest BCUT2D eigenvalue weighted by Crippen LogP contribution is 2.11. The first-order valence-electron chi connectivity index (χ1n) is 5.06. The van der Waals surface area contributed by atoms with Crippen LogP contribution in [0.3, 0.4) is 0 Å². The Kier molecular flexibility index (Phi) is 2.76. The van der Waals surface area contributed by atoms with Crippen LogP contribution in [0.25, 0.3) is 11.5 Å². The van der Waals surface area contributed by atoms with Crippen molar-refractivity contribution in [2.75, 3.05) is 0 Å². The molecule has 0 bridgehead atoms. The van der Waals surface area contributed by atoms with E-state index in [4.69, 9.17) is 0 Å². The summed E-state index contributed by atoms with van der Waals surface area (Å²) in [5, 5.41) is 6.61. The van der Waals surface area contributed by atoms with E-state index in [0.29, 0.717) is 11.5 Å². The molecule has 0 radical (unpaired) electrons. The maximum atomic E-state index is 11.6. The zero-order valence-electron chi connectivity index (χ0n) is 9.14. The van der Waals surface area contributed by atoms with Gasteiger partial charge in [0.2, 0.25) is 5.78 Å². The quantitative estimate of drug-likeness (QED) is 0.793. The van der Waals surface area contributed by atoms with Gasteiger partial charge in [-0.15, -0.1) is 0 Å². The Labute approximate surface area is 92.9 Å². The summed E-state index contributed by atoms with van der Waals surface area (Å²) in [7, 11) is 0. The molecule has 2 heterocycles. The largest absolute Gasteiger partial charge is 0.290 e. The minimum Gasteiger partial charge on any atom is -0.290 e. The molecule has 2 aromatic rings. The van der Waals surface area contributed by atoms with Gasteiger partial charge in [0.05, 0.1) is 0 Å². The summed E-state index contributed by atoms with van der Waals surface area (Å²) < 4.78 is 0. The molecule has 0 aliphatic rings. The van der Waals surface area contributed by atoms with E-state index in [-0.39, 0.29) is 17.5 Å². The van der Waals surface area contributed by atoms with Crippen LogP contribution >= 0.6 is 0 Å². The maximum Gasteiger partial charge on any atom is 0.202 e. The molecule has 16 heavy (non-hydrogen) atoms. The minimum atomic E-state index is -0.0930. The van der Waals surface area contributed by atoms with Crippen LogP contribution in [0.4, 0.5) is 0 Å². The van der Waals surface area contributed by atoms with E-state index in [9.17, 15) is 4.79 Å². The third-order valence-corrected chi connectivity index (χ3v) is 2.14. The van der Waals surface area contributed by atoms with E-state index in [1.807, 2.05) is 26.0 Å². The van der Waals surface area contributed by atoms with E-state index in [2.05, 4.69) is 20.2 Å². The van der Waals surface area contributed by atoms with Gasteiger partial charge >= 0.3 is 0 Å². The Balaban J connectivity index is 2.30. The van der Waals surface area contributed by atoms with Crippen LogP contribution < -0.4 is 0 Å². The number of hydrogen-bond acceptors (Lipinski definition) is 4. The third kappa shape index (κ3) is 1.98. The fourth-order valence-corrected chi connectivity index (χ4v) is 1.26. The average Bonchev–Trinajstić information content (AvgIpc) is 2.78. The first-order valence-corrected chi connectivity index (χ1v) is 5.06. The van der Waals surface area contributed by atoms with Gasteiger partial charge in [0.1, 0.15) is 5.69 Å². The zero-order valence-corrected chi connectivity index (χ0v) is 9.14. The number of ketones is 1. The summed E-state index contributed by atoms with van der Waals surface area (Å²) in [4.78, 5) is 19.9. The topological polar surface area (TPSA) is 71.5 Å². The lowest BCUT2D eigenvalue weighted by Crippen LogP contribution is -2.09. The van der Waals surface area contributed by atoms with Crippen molar-refractivity contribution in [3.63, 3.8) is 0 Å². The second-order valence-electron chi connectivity index (χ2n) is 3.74. The predicted octanol–water partition coefficient (Wildman–Crippen LogP) is 1.71. The van der Waals surface area contributed by atoms with Crippen molar-refractivity contribution in [3.8, 4) is 11.5 Å². The lowest BCUT2D eigenvalue weighted by Gasteiger charge is -1.97. The molecular formula is C11H12N4O. The fourth-order valence-electron chi connectivity index (χ4n) is 1.26. The van der Waals surface area contributed by atoms with Crippen LogP contribution in [0.2, 0.25) is 0 Å². The number of nitrogens with one attached hydrogen (secondary N) is 1. The molecule has 2 rings (SSSR count). The number of aromatic nitrogens is 4. The molecule has 1 N–H and O–H groups in total. The van der Waals surface area contributed by atoms with Crippen molar-refractivity contribution < 1.29 is 4.79 Å². The summed E-state index contributed by atoms with van der Waals surface area (Å²) >= 11 is 0. The highest BCUT2D eigenvalue weighted by atomic mass is 16.1. The maximum absolute atomic E-state index is 11.6. The molecule has 5 heteroatoms. The van der Waals surface area contributed by atoms with Gasteiger partial charge in [-0.3, -0.25) is 14.9 Å². The number of hydrogen-bond donors (Lipinski definition) is 1. The van der Waals surface area contributed by atoms with Crippen LogP contribution in [0.1, 0.15) is 24.5 Å². The molecule has 0 amide bonds. The number of nitrogens with zero attached hydrogens (tertiary/aromatic N) is 3. The highest BCUT2D eigenvalue weighted by molar-refractivity contribution is 5.94. The lowest BCUT2D eigenvalue weighted by atomic mass is 10.1. The lowest BCUT2D eigenvalue weighted by molar-refractivity contribution is 0.0929. The molecule has 82 valence electrons. The van der Waals surface area contributed by atoms with E-state index in [0.717, 1.165) is 0 Å². The minimum absolute atomic E-state index is 0.0466. The normalized spacial score (nSPS) is 10.7. The molecule has 0 aromatic carbocycles. The number of aromatic amines is 1. The van der Waals surface area contributed by atoms with Crippen LogP contribution in [0.15, 0.2) is 24.4 Å². The Morgan fingerprint density at radius 1 is 1.38 bits per heavy atom. The second kappa shape index (κ2) is 4.22. The van der Waals surface area contributed by atoms with Crippen molar-refractivity contribution in [1.82, 2.24) is 20.2 Å². The molecule has 0 aliphatic heterocycles. The Morgan fingerprint density at radius 3 is 2.81 bits per heavy atom. The SMILES string of the molecule is CC(C)C(=O)c1nc(-c2ccccn2)n[nH]1. The van der Waals surface area contributed by atoms with Crippen molar-refractivity contribution in [3.05, 3.63) is 30.2 Å². The first-order chi connectivity index (χ1) is 7.68. The van der Waals surface area contributed by atoms with Crippen LogP contribution in [0, 0.1) is 5.92 Å². The number of H-pyrrole nitrogens is 1.